The predicted molar refractivity (Wildman–Crippen MR) is 261 cm³/mol. The fourth-order valence-corrected chi connectivity index (χ4v) is 8.45. The zero-order chi connectivity index (χ0) is 44.4. The van der Waals surface area contributed by atoms with Crippen molar-refractivity contribution < 1.29 is 28.6 Å². The molecule has 1 atom stereocenters. The molecule has 0 N–H and O–H groups in total. The molecule has 0 aliphatic carbocycles. The number of rotatable bonds is 51. The number of hydrogen-bond donors (Lipinski definition) is 0. The molecule has 0 spiro atoms. The Morgan fingerprint density at radius 2 is 0.443 bits per heavy atom. The number of carbonyl (C=O) groups is 3. The van der Waals surface area contributed by atoms with Crippen LogP contribution in [0.15, 0.2) is 0 Å². The van der Waals surface area contributed by atoms with Gasteiger partial charge in [0.15, 0.2) is 6.10 Å². The van der Waals surface area contributed by atoms with E-state index in [0.29, 0.717) is 19.3 Å². The molecule has 0 fully saturated rings. The van der Waals surface area contributed by atoms with E-state index in [4.69, 9.17) is 14.2 Å². The third-order valence-electron chi connectivity index (χ3n) is 12.6. The lowest BCUT2D eigenvalue weighted by Gasteiger charge is -2.18. The van der Waals surface area contributed by atoms with E-state index in [-0.39, 0.29) is 31.1 Å². The standard InChI is InChI=1S/C55H106O6/c1-4-7-10-13-16-19-21-23-25-26-27-28-30-32-34-37-40-43-46-49-55(58)61-52(50-59-53(56)47-44-41-38-35-18-15-12-9-6-3)51-60-54(57)48-45-42-39-36-33-31-29-24-22-20-17-14-11-8-5-2/h52H,4-51H2,1-3H3/t52-/m0/s1. The molecule has 0 heterocycles. The van der Waals surface area contributed by atoms with E-state index in [9.17, 15) is 14.4 Å². The minimum atomic E-state index is -0.759. The van der Waals surface area contributed by atoms with Gasteiger partial charge in [0.2, 0.25) is 0 Å². The number of unbranched alkanes of at least 4 members (excludes halogenated alkanes) is 40. The van der Waals surface area contributed by atoms with Gasteiger partial charge in [-0.2, -0.15) is 0 Å². The molecule has 0 aliphatic rings. The van der Waals surface area contributed by atoms with E-state index in [1.54, 1.807) is 0 Å². The van der Waals surface area contributed by atoms with Gasteiger partial charge in [0.25, 0.3) is 0 Å². The molecule has 0 rings (SSSR count). The van der Waals surface area contributed by atoms with Crippen molar-refractivity contribution in [3.8, 4) is 0 Å². The van der Waals surface area contributed by atoms with E-state index < -0.39 is 6.10 Å². The van der Waals surface area contributed by atoms with Gasteiger partial charge in [-0.05, 0) is 19.3 Å². The maximum atomic E-state index is 12.8. The first-order valence-electron chi connectivity index (χ1n) is 27.5. The summed E-state index contributed by atoms with van der Waals surface area (Å²) in [6, 6.07) is 0. The second-order valence-electron chi connectivity index (χ2n) is 18.9. The molecule has 0 aromatic heterocycles. The number of ether oxygens (including phenoxy) is 3. The summed E-state index contributed by atoms with van der Waals surface area (Å²) in [6.07, 6.45) is 55.2. The summed E-state index contributed by atoms with van der Waals surface area (Å²) in [4.78, 5) is 37.9. The monoisotopic (exact) mass is 863 g/mol. The second kappa shape index (κ2) is 51.0. The van der Waals surface area contributed by atoms with Gasteiger partial charge in [0.1, 0.15) is 13.2 Å². The quantitative estimate of drug-likeness (QED) is 0.0344. The fourth-order valence-electron chi connectivity index (χ4n) is 8.45. The maximum Gasteiger partial charge on any atom is 0.306 e. The van der Waals surface area contributed by atoms with Crippen molar-refractivity contribution in [2.45, 2.75) is 322 Å². The molecule has 0 bridgehead atoms. The molecule has 0 saturated carbocycles. The van der Waals surface area contributed by atoms with Crippen LogP contribution in [0, 0.1) is 0 Å². The van der Waals surface area contributed by atoms with E-state index in [1.807, 2.05) is 0 Å². The molecular weight excluding hydrogens is 757 g/mol. The van der Waals surface area contributed by atoms with Crippen LogP contribution in [0.25, 0.3) is 0 Å². The molecule has 0 aromatic rings. The SMILES string of the molecule is CCCCCCCCCCCCCCCCCCCCCC(=O)O[C@@H](COC(=O)CCCCCCCCCCC)COC(=O)CCCCCCCCCCCCCCCCC. The predicted octanol–water partition coefficient (Wildman–Crippen LogP) is 18.0. The Morgan fingerprint density at radius 3 is 0.656 bits per heavy atom. The average Bonchev–Trinajstić information content (AvgIpc) is 3.26. The van der Waals surface area contributed by atoms with Gasteiger partial charge in [-0.3, -0.25) is 14.4 Å². The molecular formula is C55H106O6. The van der Waals surface area contributed by atoms with Crippen LogP contribution in [0.2, 0.25) is 0 Å². The maximum absolute atomic E-state index is 12.8. The Hall–Kier alpha value is -1.59. The summed E-state index contributed by atoms with van der Waals surface area (Å²) < 4.78 is 16.8. The summed E-state index contributed by atoms with van der Waals surface area (Å²) >= 11 is 0. The van der Waals surface area contributed by atoms with E-state index in [1.165, 1.54) is 218 Å². The van der Waals surface area contributed by atoms with Gasteiger partial charge in [-0.15, -0.1) is 0 Å². The van der Waals surface area contributed by atoms with Crippen LogP contribution in [0.3, 0.4) is 0 Å². The van der Waals surface area contributed by atoms with E-state index >= 15 is 0 Å². The van der Waals surface area contributed by atoms with Crippen LogP contribution in [-0.2, 0) is 28.6 Å². The minimum absolute atomic E-state index is 0.0617. The lowest BCUT2D eigenvalue weighted by atomic mass is 10.0. The first kappa shape index (κ1) is 59.4. The van der Waals surface area contributed by atoms with Crippen LogP contribution >= 0.6 is 0 Å². The molecule has 0 saturated heterocycles. The van der Waals surface area contributed by atoms with Crippen molar-refractivity contribution in [1.29, 1.82) is 0 Å². The van der Waals surface area contributed by atoms with Gasteiger partial charge in [-0.25, -0.2) is 0 Å². The van der Waals surface area contributed by atoms with Crippen molar-refractivity contribution in [2.75, 3.05) is 13.2 Å². The highest BCUT2D eigenvalue weighted by atomic mass is 16.6. The van der Waals surface area contributed by atoms with Crippen molar-refractivity contribution in [2.24, 2.45) is 0 Å². The molecule has 6 nitrogen and oxygen atoms in total. The normalized spacial score (nSPS) is 11.9. The summed E-state index contributed by atoms with van der Waals surface area (Å²) in [5, 5.41) is 0. The fraction of sp³-hybridized carbons (Fsp3) is 0.945. The van der Waals surface area contributed by atoms with Crippen LogP contribution in [0.1, 0.15) is 316 Å². The first-order chi connectivity index (χ1) is 30.0. The van der Waals surface area contributed by atoms with E-state index in [2.05, 4.69) is 20.8 Å². The van der Waals surface area contributed by atoms with Gasteiger partial charge < -0.3 is 14.2 Å². The van der Waals surface area contributed by atoms with Crippen molar-refractivity contribution >= 4 is 17.9 Å². The van der Waals surface area contributed by atoms with Crippen LogP contribution < -0.4 is 0 Å². The lowest BCUT2D eigenvalue weighted by Crippen LogP contribution is -2.30. The zero-order valence-electron chi connectivity index (χ0n) is 41.5. The van der Waals surface area contributed by atoms with Gasteiger partial charge in [0, 0.05) is 19.3 Å². The Labute approximate surface area is 380 Å². The van der Waals surface area contributed by atoms with Crippen LogP contribution in [0.5, 0.6) is 0 Å². The smallest absolute Gasteiger partial charge is 0.306 e. The highest BCUT2D eigenvalue weighted by Gasteiger charge is 2.19. The highest BCUT2D eigenvalue weighted by molar-refractivity contribution is 5.71. The molecule has 362 valence electrons. The van der Waals surface area contributed by atoms with Gasteiger partial charge in [0.05, 0.1) is 0 Å². The van der Waals surface area contributed by atoms with Gasteiger partial charge in [-0.1, -0.05) is 278 Å². The summed E-state index contributed by atoms with van der Waals surface area (Å²) in [6.45, 7) is 6.68. The molecule has 0 unspecified atom stereocenters. The Morgan fingerprint density at radius 1 is 0.262 bits per heavy atom. The van der Waals surface area contributed by atoms with Crippen molar-refractivity contribution in [1.82, 2.24) is 0 Å². The molecule has 6 heteroatoms. The summed E-state index contributed by atoms with van der Waals surface area (Å²) in [5.74, 6) is -0.840. The Bertz CT molecular complexity index is 905. The van der Waals surface area contributed by atoms with E-state index in [0.717, 1.165) is 57.8 Å². The average molecular weight is 863 g/mol. The Kier molecular flexibility index (Phi) is 49.7. The second-order valence-corrected chi connectivity index (χ2v) is 18.9. The van der Waals surface area contributed by atoms with Crippen LogP contribution in [-0.4, -0.2) is 37.2 Å². The largest absolute Gasteiger partial charge is 0.462 e. The van der Waals surface area contributed by atoms with Crippen LogP contribution in [0.4, 0.5) is 0 Å². The lowest BCUT2D eigenvalue weighted by molar-refractivity contribution is -0.167. The molecule has 61 heavy (non-hydrogen) atoms. The number of esters is 3. The topological polar surface area (TPSA) is 78.9 Å². The summed E-state index contributed by atoms with van der Waals surface area (Å²) in [5.41, 5.74) is 0. The molecule has 0 aliphatic heterocycles. The number of carbonyl (C=O) groups excluding carboxylic acids is 3. The summed E-state index contributed by atoms with van der Waals surface area (Å²) in [7, 11) is 0. The number of hydrogen-bond acceptors (Lipinski definition) is 6. The van der Waals surface area contributed by atoms with Crippen molar-refractivity contribution in [3.05, 3.63) is 0 Å². The zero-order valence-corrected chi connectivity index (χ0v) is 41.5. The third kappa shape index (κ3) is 49.3. The van der Waals surface area contributed by atoms with Crippen molar-refractivity contribution in [3.63, 3.8) is 0 Å². The first-order valence-corrected chi connectivity index (χ1v) is 27.5. The highest BCUT2D eigenvalue weighted by Crippen LogP contribution is 2.17. The third-order valence-corrected chi connectivity index (χ3v) is 12.6. The molecule has 0 amide bonds. The molecule has 0 aromatic carbocycles. The minimum Gasteiger partial charge on any atom is -0.462 e. The molecule has 0 radical (unpaired) electrons. The Balaban J connectivity index is 4.22. The van der Waals surface area contributed by atoms with Gasteiger partial charge >= 0.3 is 17.9 Å².